The number of pyridine rings is 1. The molecule has 6 heteroatoms. The van der Waals surface area contributed by atoms with Gasteiger partial charge in [0.2, 0.25) is 0 Å². The zero-order valence-electron chi connectivity index (χ0n) is 13.6. The van der Waals surface area contributed by atoms with Crippen molar-refractivity contribution in [3.63, 3.8) is 0 Å². The van der Waals surface area contributed by atoms with Crippen molar-refractivity contribution in [2.24, 2.45) is 0 Å². The summed E-state index contributed by atoms with van der Waals surface area (Å²) in [4.78, 5) is 4.49. The van der Waals surface area contributed by atoms with Crippen LogP contribution in [0.4, 0.5) is 0 Å². The van der Waals surface area contributed by atoms with E-state index in [0.29, 0.717) is 27.4 Å². The highest BCUT2D eigenvalue weighted by atomic mass is 35.5. The van der Waals surface area contributed by atoms with Crippen LogP contribution in [0.2, 0.25) is 5.02 Å². The molecule has 5 nitrogen and oxygen atoms in total. The first-order chi connectivity index (χ1) is 11.0. The van der Waals surface area contributed by atoms with Gasteiger partial charge in [-0.1, -0.05) is 17.2 Å². The Morgan fingerprint density at radius 3 is 2.61 bits per heavy atom. The molecule has 0 atom stereocenters. The quantitative estimate of drug-likeness (QED) is 0.807. The topological polar surface area (TPSA) is 60.8 Å². The SMILES string of the molecule is COC(COc1ccc2c(O)cc(C=C(C)C)nc2c1Cl)OC. The first kappa shape index (κ1) is 17.5. The highest BCUT2D eigenvalue weighted by Crippen LogP contribution is 2.36. The van der Waals surface area contributed by atoms with Crippen LogP contribution in [0.5, 0.6) is 11.5 Å². The van der Waals surface area contributed by atoms with Gasteiger partial charge in [-0.3, -0.25) is 0 Å². The molecular formula is C17H20ClNO4. The number of ether oxygens (including phenoxy) is 3. The van der Waals surface area contributed by atoms with Crippen LogP contribution in [0, 0.1) is 0 Å². The molecule has 0 unspecified atom stereocenters. The van der Waals surface area contributed by atoms with Crippen molar-refractivity contribution in [2.45, 2.75) is 20.1 Å². The third kappa shape index (κ3) is 4.13. The molecule has 0 saturated heterocycles. The van der Waals surface area contributed by atoms with Crippen molar-refractivity contribution >= 4 is 28.6 Å². The molecule has 0 aliphatic carbocycles. The smallest absolute Gasteiger partial charge is 0.191 e. The number of benzene rings is 1. The molecule has 2 rings (SSSR count). The molecule has 0 radical (unpaired) electrons. The third-order valence-corrected chi connectivity index (χ3v) is 3.58. The third-order valence-electron chi connectivity index (χ3n) is 3.22. The fourth-order valence-corrected chi connectivity index (χ4v) is 2.37. The van der Waals surface area contributed by atoms with Gasteiger partial charge in [0.05, 0.1) is 11.2 Å². The number of aromatic nitrogens is 1. The van der Waals surface area contributed by atoms with Gasteiger partial charge < -0.3 is 19.3 Å². The van der Waals surface area contributed by atoms with Gasteiger partial charge >= 0.3 is 0 Å². The summed E-state index contributed by atoms with van der Waals surface area (Å²) < 4.78 is 15.8. The van der Waals surface area contributed by atoms with Gasteiger partial charge in [-0.15, -0.1) is 0 Å². The van der Waals surface area contributed by atoms with E-state index >= 15 is 0 Å². The largest absolute Gasteiger partial charge is 0.507 e. The van der Waals surface area contributed by atoms with Crippen LogP contribution >= 0.6 is 11.6 Å². The fourth-order valence-electron chi connectivity index (χ4n) is 2.11. The lowest BCUT2D eigenvalue weighted by atomic mass is 10.1. The van der Waals surface area contributed by atoms with Crippen molar-refractivity contribution in [3.05, 3.63) is 34.5 Å². The zero-order valence-corrected chi connectivity index (χ0v) is 14.3. The highest BCUT2D eigenvalue weighted by Gasteiger charge is 2.14. The molecular weight excluding hydrogens is 318 g/mol. The molecule has 1 N–H and O–H groups in total. The summed E-state index contributed by atoms with van der Waals surface area (Å²) >= 11 is 6.39. The summed E-state index contributed by atoms with van der Waals surface area (Å²) in [6.07, 6.45) is 1.38. The molecule has 0 fully saturated rings. The summed E-state index contributed by atoms with van der Waals surface area (Å²) in [5.74, 6) is 0.585. The second-order valence-electron chi connectivity index (χ2n) is 5.27. The standard InChI is InChI=1S/C17H20ClNO4/c1-10(2)7-11-8-13(20)12-5-6-14(16(18)17(12)19-11)23-9-15(21-3)22-4/h5-8,15H,9H2,1-4H3,(H,19,20). The average Bonchev–Trinajstić information content (AvgIpc) is 2.50. The van der Waals surface area contributed by atoms with Gasteiger partial charge in [0.1, 0.15) is 23.1 Å². The average molecular weight is 338 g/mol. The van der Waals surface area contributed by atoms with Gasteiger partial charge in [-0.05, 0) is 32.1 Å². The van der Waals surface area contributed by atoms with Crippen LogP contribution < -0.4 is 4.74 Å². The summed E-state index contributed by atoms with van der Waals surface area (Å²) in [6, 6.07) is 5.02. The number of fused-ring (bicyclic) bond motifs is 1. The molecule has 1 heterocycles. The second kappa shape index (κ2) is 7.64. The lowest BCUT2D eigenvalue weighted by Gasteiger charge is -2.16. The van der Waals surface area contributed by atoms with E-state index in [1.165, 1.54) is 14.2 Å². The lowest BCUT2D eigenvalue weighted by molar-refractivity contribution is -0.121. The van der Waals surface area contributed by atoms with E-state index in [-0.39, 0.29) is 12.4 Å². The Morgan fingerprint density at radius 1 is 1.30 bits per heavy atom. The first-order valence-electron chi connectivity index (χ1n) is 7.11. The van der Waals surface area contributed by atoms with Crippen molar-refractivity contribution < 1.29 is 19.3 Å². The monoisotopic (exact) mass is 337 g/mol. The number of rotatable bonds is 6. The maximum atomic E-state index is 10.2. The summed E-state index contributed by atoms with van der Waals surface area (Å²) in [7, 11) is 3.07. The number of aromatic hydroxyl groups is 1. The summed E-state index contributed by atoms with van der Waals surface area (Å²) in [6.45, 7) is 4.11. The molecule has 0 spiro atoms. The number of allylic oxidation sites excluding steroid dienone is 1. The van der Waals surface area contributed by atoms with E-state index in [9.17, 15) is 5.11 Å². The Hall–Kier alpha value is -1.82. The first-order valence-corrected chi connectivity index (χ1v) is 7.49. The van der Waals surface area contributed by atoms with Gasteiger partial charge in [0.25, 0.3) is 0 Å². The molecule has 1 aromatic heterocycles. The molecule has 0 aliphatic rings. The number of halogens is 1. The van der Waals surface area contributed by atoms with Crippen LogP contribution in [0.25, 0.3) is 17.0 Å². The van der Waals surface area contributed by atoms with Gasteiger partial charge in [-0.2, -0.15) is 0 Å². The highest BCUT2D eigenvalue weighted by molar-refractivity contribution is 6.36. The van der Waals surface area contributed by atoms with E-state index in [0.717, 1.165) is 5.57 Å². The minimum absolute atomic E-state index is 0.127. The van der Waals surface area contributed by atoms with Crippen LogP contribution in [0.3, 0.4) is 0 Å². The van der Waals surface area contributed by atoms with Crippen molar-refractivity contribution in [1.29, 1.82) is 0 Å². The molecule has 0 amide bonds. The minimum Gasteiger partial charge on any atom is -0.507 e. The van der Waals surface area contributed by atoms with E-state index in [2.05, 4.69) is 4.98 Å². The molecule has 0 aliphatic heterocycles. The van der Waals surface area contributed by atoms with Crippen molar-refractivity contribution in [2.75, 3.05) is 20.8 Å². The number of nitrogens with zero attached hydrogens (tertiary/aromatic N) is 1. The van der Waals surface area contributed by atoms with Gasteiger partial charge in [0.15, 0.2) is 6.29 Å². The van der Waals surface area contributed by atoms with E-state index in [4.69, 9.17) is 25.8 Å². The molecule has 1 aromatic carbocycles. The van der Waals surface area contributed by atoms with E-state index < -0.39 is 6.29 Å². The van der Waals surface area contributed by atoms with E-state index in [1.54, 1.807) is 18.2 Å². The van der Waals surface area contributed by atoms with Crippen LogP contribution in [0.15, 0.2) is 23.8 Å². The fraction of sp³-hybridized carbons (Fsp3) is 0.353. The molecule has 0 bridgehead atoms. The van der Waals surface area contributed by atoms with Crippen LogP contribution in [-0.2, 0) is 9.47 Å². The zero-order chi connectivity index (χ0) is 17.0. The summed E-state index contributed by atoms with van der Waals surface area (Å²) in [5, 5.41) is 11.1. The maximum absolute atomic E-state index is 10.2. The Bertz CT molecular complexity index is 722. The second-order valence-corrected chi connectivity index (χ2v) is 5.65. The Labute approximate surface area is 140 Å². The Balaban J connectivity index is 2.42. The molecule has 0 saturated carbocycles. The Kier molecular flexibility index (Phi) is 5.82. The minimum atomic E-state index is -0.486. The summed E-state index contributed by atoms with van der Waals surface area (Å²) in [5.41, 5.74) is 2.20. The van der Waals surface area contributed by atoms with Gasteiger partial charge in [-0.25, -0.2) is 4.98 Å². The van der Waals surface area contributed by atoms with E-state index in [1.807, 2.05) is 19.9 Å². The lowest BCUT2D eigenvalue weighted by Crippen LogP contribution is -2.22. The van der Waals surface area contributed by atoms with Crippen molar-refractivity contribution in [3.8, 4) is 11.5 Å². The number of hydrogen-bond acceptors (Lipinski definition) is 5. The predicted molar refractivity (Wildman–Crippen MR) is 91.0 cm³/mol. The number of methoxy groups -OCH3 is 2. The van der Waals surface area contributed by atoms with Crippen LogP contribution in [0.1, 0.15) is 19.5 Å². The molecule has 2 aromatic rings. The molecule has 124 valence electrons. The maximum Gasteiger partial charge on any atom is 0.191 e. The van der Waals surface area contributed by atoms with Crippen LogP contribution in [-0.4, -0.2) is 37.2 Å². The Morgan fingerprint density at radius 2 is 2.00 bits per heavy atom. The predicted octanol–water partition coefficient (Wildman–Crippen LogP) is 4.01. The normalized spacial score (nSPS) is 11.0. The van der Waals surface area contributed by atoms with Gasteiger partial charge in [0, 0.05) is 25.7 Å². The van der Waals surface area contributed by atoms with Crippen molar-refractivity contribution in [1.82, 2.24) is 4.98 Å². The molecule has 23 heavy (non-hydrogen) atoms. The number of hydrogen-bond donors (Lipinski definition) is 1.